The normalized spacial score (nSPS) is 10.2. The van der Waals surface area contributed by atoms with E-state index in [0.717, 1.165) is 22.6 Å². The first kappa shape index (κ1) is 14.5. The van der Waals surface area contributed by atoms with Gasteiger partial charge in [0.2, 0.25) is 0 Å². The van der Waals surface area contributed by atoms with Gasteiger partial charge in [0, 0.05) is 23.0 Å². The van der Waals surface area contributed by atoms with Gasteiger partial charge in [-0.1, -0.05) is 6.07 Å². The number of aryl methyl sites for hydroxylation is 1. The summed E-state index contributed by atoms with van der Waals surface area (Å²) in [5.41, 5.74) is 3.24. The number of rotatable bonds is 3. The molecule has 0 saturated heterocycles. The lowest BCUT2D eigenvalue weighted by molar-refractivity contribution is 0.102. The van der Waals surface area contributed by atoms with Gasteiger partial charge in [-0.05, 0) is 53.5 Å². The van der Waals surface area contributed by atoms with Gasteiger partial charge in [0.05, 0.1) is 7.11 Å². The standard InChI is InChI=1S/C15H15BrN2O2/c1-9-4-5-12(10(2)14(9)20-3)18-15(19)11-6-7-17-13(16)8-11/h4-8H,1-3H3,(H,18,19). The fourth-order valence-electron chi connectivity index (χ4n) is 2.01. The summed E-state index contributed by atoms with van der Waals surface area (Å²) in [5.74, 6) is 0.612. The Morgan fingerprint density at radius 2 is 2.05 bits per heavy atom. The van der Waals surface area contributed by atoms with E-state index in [2.05, 4.69) is 26.2 Å². The van der Waals surface area contributed by atoms with E-state index in [4.69, 9.17) is 4.74 Å². The number of aromatic nitrogens is 1. The van der Waals surface area contributed by atoms with Crippen LogP contribution in [0.2, 0.25) is 0 Å². The number of ether oxygens (including phenoxy) is 1. The van der Waals surface area contributed by atoms with E-state index in [0.29, 0.717) is 10.2 Å². The van der Waals surface area contributed by atoms with Crippen LogP contribution in [0.25, 0.3) is 0 Å². The third kappa shape index (κ3) is 2.99. The molecule has 5 heteroatoms. The maximum atomic E-state index is 12.2. The first-order valence-electron chi connectivity index (χ1n) is 6.10. The van der Waals surface area contributed by atoms with Crippen LogP contribution < -0.4 is 10.1 Å². The first-order valence-corrected chi connectivity index (χ1v) is 6.89. The lowest BCUT2D eigenvalue weighted by Gasteiger charge is -2.14. The average Bonchev–Trinajstić information content (AvgIpc) is 2.42. The SMILES string of the molecule is COc1c(C)ccc(NC(=O)c2ccnc(Br)c2)c1C. The fraction of sp³-hybridized carbons (Fsp3) is 0.200. The molecular formula is C15H15BrN2O2. The van der Waals surface area contributed by atoms with E-state index in [1.54, 1.807) is 25.4 Å². The Hall–Kier alpha value is -1.88. The van der Waals surface area contributed by atoms with Gasteiger partial charge in [-0.3, -0.25) is 4.79 Å². The molecule has 2 aromatic rings. The lowest BCUT2D eigenvalue weighted by Crippen LogP contribution is -2.13. The molecule has 1 amide bonds. The Balaban J connectivity index is 2.29. The summed E-state index contributed by atoms with van der Waals surface area (Å²) in [6.45, 7) is 3.89. The highest BCUT2D eigenvalue weighted by Crippen LogP contribution is 2.29. The van der Waals surface area contributed by atoms with Crippen LogP contribution in [-0.4, -0.2) is 18.0 Å². The zero-order valence-electron chi connectivity index (χ0n) is 11.5. The third-order valence-corrected chi connectivity index (χ3v) is 3.48. The molecule has 4 nitrogen and oxygen atoms in total. The molecule has 0 fully saturated rings. The number of hydrogen-bond acceptors (Lipinski definition) is 3. The first-order chi connectivity index (χ1) is 9.52. The van der Waals surface area contributed by atoms with Gasteiger partial charge < -0.3 is 10.1 Å². The predicted octanol–water partition coefficient (Wildman–Crippen LogP) is 3.72. The molecule has 0 aliphatic heterocycles. The fourth-order valence-corrected chi connectivity index (χ4v) is 2.38. The second kappa shape index (κ2) is 6.05. The van der Waals surface area contributed by atoms with Crippen LogP contribution in [0.15, 0.2) is 35.1 Å². The summed E-state index contributed by atoms with van der Waals surface area (Å²) in [4.78, 5) is 16.2. The monoisotopic (exact) mass is 334 g/mol. The number of hydrogen-bond donors (Lipinski definition) is 1. The minimum absolute atomic E-state index is 0.179. The Morgan fingerprint density at radius 3 is 2.70 bits per heavy atom. The van der Waals surface area contributed by atoms with E-state index in [1.165, 1.54) is 0 Å². The summed E-state index contributed by atoms with van der Waals surface area (Å²) >= 11 is 3.25. The summed E-state index contributed by atoms with van der Waals surface area (Å²) in [7, 11) is 1.63. The molecule has 2 rings (SSSR count). The van der Waals surface area contributed by atoms with Crippen LogP contribution in [0.4, 0.5) is 5.69 Å². The number of halogens is 1. The Kier molecular flexibility index (Phi) is 4.39. The molecule has 1 aromatic carbocycles. The van der Waals surface area contributed by atoms with Crippen molar-refractivity contribution in [3.8, 4) is 5.75 Å². The Labute approximate surface area is 126 Å². The van der Waals surface area contributed by atoms with Gasteiger partial charge in [-0.25, -0.2) is 4.98 Å². The van der Waals surface area contributed by atoms with Crippen molar-refractivity contribution in [3.05, 3.63) is 51.8 Å². The number of benzene rings is 1. The molecule has 0 atom stereocenters. The minimum atomic E-state index is -0.179. The molecule has 1 N–H and O–H groups in total. The molecule has 1 heterocycles. The molecular weight excluding hydrogens is 320 g/mol. The molecule has 0 radical (unpaired) electrons. The molecule has 0 spiro atoms. The second-order valence-electron chi connectivity index (χ2n) is 4.41. The van der Waals surface area contributed by atoms with Crippen molar-refractivity contribution in [2.45, 2.75) is 13.8 Å². The zero-order chi connectivity index (χ0) is 14.7. The topological polar surface area (TPSA) is 51.2 Å². The number of pyridine rings is 1. The quantitative estimate of drug-likeness (QED) is 0.870. The van der Waals surface area contributed by atoms with Crippen LogP contribution in [0.1, 0.15) is 21.5 Å². The molecule has 20 heavy (non-hydrogen) atoms. The van der Waals surface area contributed by atoms with Crippen molar-refractivity contribution in [3.63, 3.8) is 0 Å². The highest BCUT2D eigenvalue weighted by atomic mass is 79.9. The number of amides is 1. The van der Waals surface area contributed by atoms with Crippen molar-refractivity contribution in [1.29, 1.82) is 0 Å². The maximum Gasteiger partial charge on any atom is 0.255 e. The van der Waals surface area contributed by atoms with Crippen molar-refractivity contribution in [2.75, 3.05) is 12.4 Å². The summed E-state index contributed by atoms with van der Waals surface area (Å²) in [5, 5.41) is 2.89. The summed E-state index contributed by atoms with van der Waals surface area (Å²) < 4.78 is 5.98. The average molecular weight is 335 g/mol. The summed E-state index contributed by atoms with van der Waals surface area (Å²) in [6, 6.07) is 7.14. The molecule has 104 valence electrons. The zero-order valence-corrected chi connectivity index (χ0v) is 13.1. The van der Waals surface area contributed by atoms with E-state index < -0.39 is 0 Å². The number of nitrogens with one attached hydrogen (secondary N) is 1. The van der Waals surface area contributed by atoms with E-state index in [1.807, 2.05) is 26.0 Å². The van der Waals surface area contributed by atoms with Gasteiger partial charge in [0.25, 0.3) is 5.91 Å². The second-order valence-corrected chi connectivity index (χ2v) is 5.22. The van der Waals surface area contributed by atoms with E-state index >= 15 is 0 Å². The molecule has 0 aliphatic carbocycles. The molecule has 1 aromatic heterocycles. The molecule has 0 aliphatic rings. The van der Waals surface area contributed by atoms with Gasteiger partial charge in [0.15, 0.2) is 0 Å². The number of anilines is 1. The van der Waals surface area contributed by atoms with Crippen LogP contribution >= 0.6 is 15.9 Å². The number of nitrogens with zero attached hydrogens (tertiary/aromatic N) is 1. The number of carbonyl (C=O) groups is 1. The highest BCUT2D eigenvalue weighted by Gasteiger charge is 2.12. The predicted molar refractivity (Wildman–Crippen MR) is 82.4 cm³/mol. The van der Waals surface area contributed by atoms with Crippen molar-refractivity contribution in [2.24, 2.45) is 0 Å². The summed E-state index contributed by atoms with van der Waals surface area (Å²) in [6.07, 6.45) is 1.58. The molecule has 0 unspecified atom stereocenters. The van der Waals surface area contributed by atoms with Crippen LogP contribution in [-0.2, 0) is 0 Å². The van der Waals surface area contributed by atoms with Gasteiger partial charge in [0.1, 0.15) is 10.4 Å². The Morgan fingerprint density at radius 1 is 1.30 bits per heavy atom. The largest absolute Gasteiger partial charge is 0.496 e. The lowest BCUT2D eigenvalue weighted by atomic mass is 10.1. The van der Waals surface area contributed by atoms with Gasteiger partial charge >= 0.3 is 0 Å². The van der Waals surface area contributed by atoms with Crippen molar-refractivity contribution >= 4 is 27.5 Å². The molecule has 0 saturated carbocycles. The van der Waals surface area contributed by atoms with E-state index in [9.17, 15) is 4.79 Å². The van der Waals surface area contributed by atoms with Gasteiger partial charge in [-0.2, -0.15) is 0 Å². The smallest absolute Gasteiger partial charge is 0.255 e. The van der Waals surface area contributed by atoms with Crippen LogP contribution in [0.3, 0.4) is 0 Å². The van der Waals surface area contributed by atoms with Crippen molar-refractivity contribution < 1.29 is 9.53 Å². The number of methoxy groups -OCH3 is 1. The van der Waals surface area contributed by atoms with Gasteiger partial charge in [-0.15, -0.1) is 0 Å². The van der Waals surface area contributed by atoms with Crippen molar-refractivity contribution in [1.82, 2.24) is 4.98 Å². The highest BCUT2D eigenvalue weighted by molar-refractivity contribution is 9.10. The van der Waals surface area contributed by atoms with E-state index in [-0.39, 0.29) is 5.91 Å². The Bertz CT molecular complexity index is 656. The minimum Gasteiger partial charge on any atom is -0.496 e. The molecule has 0 bridgehead atoms. The maximum absolute atomic E-state index is 12.2. The third-order valence-electron chi connectivity index (χ3n) is 3.04. The number of carbonyl (C=O) groups excluding carboxylic acids is 1. The van der Waals surface area contributed by atoms with Crippen LogP contribution in [0.5, 0.6) is 5.75 Å². The van der Waals surface area contributed by atoms with Crippen LogP contribution in [0, 0.1) is 13.8 Å².